The van der Waals surface area contributed by atoms with Crippen molar-refractivity contribution in [3.63, 3.8) is 0 Å². The van der Waals surface area contributed by atoms with Gasteiger partial charge in [-0.2, -0.15) is 0 Å². The van der Waals surface area contributed by atoms with Gasteiger partial charge in [0.2, 0.25) is 0 Å². The molecule has 17 heavy (non-hydrogen) atoms. The van der Waals surface area contributed by atoms with Crippen molar-refractivity contribution >= 4 is 0 Å². The van der Waals surface area contributed by atoms with Crippen LogP contribution in [0.2, 0.25) is 0 Å². The topological polar surface area (TPSA) is 35.2 Å². The van der Waals surface area contributed by atoms with Gasteiger partial charge >= 0.3 is 0 Å². The Bertz CT molecular complexity index is 374. The molecule has 0 aromatic heterocycles. The number of hydrogen-bond donors (Lipinski definition) is 1. The summed E-state index contributed by atoms with van der Waals surface area (Å²) in [5.74, 6) is 0.625. The summed E-state index contributed by atoms with van der Waals surface area (Å²) in [6, 6.07) is 7.32. The summed E-state index contributed by atoms with van der Waals surface area (Å²) in [7, 11) is 1.58. The number of rotatable bonds is 4. The molecule has 0 saturated heterocycles. The Kier molecular flexibility index (Phi) is 3.67. The first-order valence-electron chi connectivity index (χ1n) is 6.20. The monoisotopic (exact) mass is 237 g/mol. The molecular formula is C14H20FNO. The van der Waals surface area contributed by atoms with Gasteiger partial charge in [0.05, 0.1) is 7.11 Å². The Hall–Kier alpha value is -1.09. The molecule has 2 N–H and O–H groups in total. The SMILES string of the molecule is COc1ccccc1C(F)C1(CN)CCCC1. The fourth-order valence-corrected chi connectivity index (χ4v) is 2.85. The van der Waals surface area contributed by atoms with Gasteiger partial charge in [0.25, 0.3) is 0 Å². The van der Waals surface area contributed by atoms with Crippen LogP contribution >= 0.6 is 0 Å². The van der Waals surface area contributed by atoms with E-state index in [-0.39, 0.29) is 5.41 Å². The molecule has 1 aromatic carbocycles. The van der Waals surface area contributed by atoms with Crippen molar-refractivity contribution in [2.24, 2.45) is 11.1 Å². The van der Waals surface area contributed by atoms with E-state index >= 15 is 0 Å². The molecule has 3 heteroatoms. The molecule has 2 rings (SSSR count). The lowest BCUT2D eigenvalue weighted by Crippen LogP contribution is -2.32. The molecule has 0 amide bonds. The quantitative estimate of drug-likeness (QED) is 0.872. The fourth-order valence-electron chi connectivity index (χ4n) is 2.85. The van der Waals surface area contributed by atoms with Crippen molar-refractivity contribution < 1.29 is 9.13 Å². The molecule has 1 aromatic rings. The van der Waals surface area contributed by atoms with E-state index in [0.29, 0.717) is 17.9 Å². The van der Waals surface area contributed by atoms with Crippen LogP contribution < -0.4 is 10.5 Å². The summed E-state index contributed by atoms with van der Waals surface area (Å²) in [6.45, 7) is 0.409. The summed E-state index contributed by atoms with van der Waals surface area (Å²) < 4.78 is 20.0. The lowest BCUT2D eigenvalue weighted by molar-refractivity contribution is 0.116. The van der Waals surface area contributed by atoms with Gasteiger partial charge in [0.15, 0.2) is 0 Å². The molecule has 1 unspecified atom stereocenters. The van der Waals surface area contributed by atoms with E-state index in [1.165, 1.54) is 0 Å². The molecule has 2 nitrogen and oxygen atoms in total. The van der Waals surface area contributed by atoms with E-state index in [9.17, 15) is 4.39 Å². The highest BCUT2D eigenvalue weighted by Gasteiger charge is 2.42. The van der Waals surface area contributed by atoms with E-state index in [1.54, 1.807) is 19.2 Å². The third-order valence-corrected chi connectivity index (χ3v) is 3.96. The van der Waals surface area contributed by atoms with Crippen LogP contribution in [0.4, 0.5) is 4.39 Å². The largest absolute Gasteiger partial charge is 0.496 e. The van der Waals surface area contributed by atoms with E-state index < -0.39 is 6.17 Å². The van der Waals surface area contributed by atoms with Crippen molar-refractivity contribution in [1.82, 2.24) is 0 Å². The summed E-state index contributed by atoms with van der Waals surface area (Å²) in [4.78, 5) is 0. The third kappa shape index (κ3) is 2.16. The van der Waals surface area contributed by atoms with Crippen molar-refractivity contribution in [2.75, 3.05) is 13.7 Å². The highest BCUT2D eigenvalue weighted by Crippen LogP contribution is 2.50. The highest BCUT2D eigenvalue weighted by atomic mass is 19.1. The number of hydrogen-bond acceptors (Lipinski definition) is 2. The number of ether oxygens (including phenoxy) is 1. The maximum atomic E-state index is 14.8. The normalized spacial score (nSPS) is 20.2. The zero-order valence-corrected chi connectivity index (χ0v) is 10.3. The van der Waals surface area contributed by atoms with Gasteiger partial charge in [-0.25, -0.2) is 4.39 Å². The molecule has 1 saturated carbocycles. The maximum absolute atomic E-state index is 14.8. The molecule has 0 radical (unpaired) electrons. The lowest BCUT2D eigenvalue weighted by Gasteiger charge is -2.32. The van der Waals surface area contributed by atoms with Crippen molar-refractivity contribution in [2.45, 2.75) is 31.9 Å². The first kappa shape index (κ1) is 12.4. The van der Waals surface area contributed by atoms with E-state index in [4.69, 9.17) is 10.5 Å². The van der Waals surface area contributed by atoms with E-state index in [2.05, 4.69) is 0 Å². The minimum atomic E-state index is -1.02. The van der Waals surface area contributed by atoms with Crippen molar-refractivity contribution in [1.29, 1.82) is 0 Å². The number of para-hydroxylation sites is 1. The number of methoxy groups -OCH3 is 1. The van der Waals surface area contributed by atoms with Crippen LogP contribution in [-0.4, -0.2) is 13.7 Å². The molecule has 0 bridgehead atoms. The zero-order chi connectivity index (χ0) is 12.3. The average Bonchev–Trinajstić information content (AvgIpc) is 2.88. The highest BCUT2D eigenvalue weighted by molar-refractivity contribution is 5.36. The van der Waals surface area contributed by atoms with Crippen LogP contribution in [-0.2, 0) is 0 Å². The van der Waals surface area contributed by atoms with Crippen molar-refractivity contribution in [3.05, 3.63) is 29.8 Å². The Balaban J connectivity index is 2.32. The number of halogens is 1. The van der Waals surface area contributed by atoms with Crippen LogP contribution in [0, 0.1) is 5.41 Å². The fraction of sp³-hybridized carbons (Fsp3) is 0.571. The van der Waals surface area contributed by atoms with Gasteiger partial charge in [0, 0.05) is 17.5 Å². The molecule has 1 fully saturated rings. The lowest BCUT2D eigenvalue weighted by atomic mass is 9.78. The Morgan fingerprint density at radius 2 is 2.00 bits per heavy atom. The molecule has 1 atom stereocenters. The first-order valence-corrected chi connectivity index (χ1v) is 6.20. The van der Waals surface area contributed by atoms with Gasteiger partial charge in [-0.15, -0.1) is 0 Å². The predicted molar refractivity (Wildman–Crippen MR) is 66.8 cm³/mol. The van der Waals surface area contributed by atoms with Gasteiger partial charge in [0.1, 0.15) is 11.9 Å². The minimum Gasteiger partial charge on any atom is -0.496 e. The zero-order valence-electron chi connectivity index (χ0n) is 10.3. The minimum absolute atomic E-state index is 0.380. The number of benzene rings is 1. The summed E-state index contributed by atoms with van der Waals surface area (Å²) in [5, 5.41) is 0. The van der Waals surface area contributed by atoms with Crippen LogP contribution in [0.3, 0.4) is 0 Å². The van der Waals surface area contributed by atoms with Crippen molar-refractivity contribution in [3.8, 4) is 5.75 Å². The maximum Gasteiger partial charge on any atom is 0.135 e. The van der Waals surface area contributed by atoms with E-state index in [0.717, 1.165) is 25.7 Å². The predicted octanol–water partition coefficient (Wildman–Crippen LogP) is 3.22. The summed E-state index contributed by atoms with van der Waals surface area (Å²) in [5.41, 5.74) is 6.08. The standard InChI is InChI=1S/C14H20FNO/c1-17-12-7-3-2-6-11(12)13(15)14(10-16)8-4-5-9-14/h2-3,6-7,13H,4-5,8-10,16H2,1H3. The van der Waals surface area contributed by atoms with Crippen LogP contribution in [0.1, 0.15) is 37.4 Å². The second-order valence-electron chi connectivity index (χ2n) is 4.88. The molecule has 94 valence electrons. The van der Waals surface area contributed by atoms with Crippen LogP contribution in [0.25, 0.3) is 0 Å². The molecule has 1 aliphatic rings. The Labute approximate surface area is 102 Å². The molecule has 1 aliphatic carbocycles. The second kappa shape index (κ2) is 5.05. The third-order valence-electron chi connectivity index (χ3n) is 3.96. The van der Waals surface area contributed by atoms with Gasteiger partial charge in [-0.05, 0) is 18.9 Å². The van der Waals surface area contributed by atoms with Gasteiger partial charge in [-0.1, -0.05) is 31.0 Å². The summed E-state index contributed by atoms with van der Waals surface area (Å²) >= 11 is 0. The molecule has 0 heterocycles. The Morgan fingerprint density at radius 3 is 2.59 bits per heavy atom. The Morgan fingerprint density at radius 1 is 1.35 bits per heavy atom. The van der Waals surface area contributed by atoms with Gasteiger partial charge < -0.3 is 10.5 Å². The summed E-state index contributed by atoms with van der Waals surface area (Å²) in [6.07, 6.45) is 2.89. The smallest absolute Gasteiger partial charge is 0.135 e. The second-order valence-corrected chi connectivity index (χ2v) is 4.88. The first-order chi connectivity index (χ1) is 8.23. The van der Waals surface area contributed by atoms with Crippen LogP contribution in [0.5, 0.6) is 5.75 Å². The van der Waals surface area contributed by atoms with E-state index in [1.807, 2.05) is 12.1 Å². The number of alkyl halides is 1. The molecule has 0 aliphatic heterocycles. The number of nitrogens with two attached hydrogens (primary N) is 1. The average molecular weight is 237 g/mol. The molecule has 0 spiro atoms. The van der Waals surface area contributed by atoms with Gasteiger partial charge in [-0.3, -0.25) is 0 Å². The molecular weight excluding hydrogens is 217 g/mol. The van der Waals surface area contributed by atoms with Crippen LogP contribution in [0.15, 0.2) is 24.3 Å².